The summed E-state index contributed by atoms with van der Waals surface area (Å²) < 4.78 is 0. The SMILES string of the molecule is Cc1ccc(N=C2c3cscc3CN2c2ccc(C)cc2)cc1. The molecule has 0 spiro atoms. The molecule has 0 saturated carbocycles. The van der Waals surface area contributed by atoms with Crippen molar-refractivity contribution in [3.05, 3.63) is 81.5 Å². The Labute approximate surface area is 140 Å². The number of aliphatic imine (C=N–C) groups is 1. The van der Waals surface area contributed by atoms with Gasteiger partial charge >= 0.3 is 0 Å². The fourth-order valence-electron chi connectivity index (χ4n) is 2.83. The number of hydrogen-bond acceptors (Lipinski definition) is 2. The van der Waals surface area contributed by atoms with Crippen molar-refractivity contribution in [2.75, 3.05) is 4.90 Å². The summed E-state index contributed by atoms with van der Waals surface area (Å²) in [5.41, 5.74) is 7.35. The summed E-state index contributed by atoms with van der Waals surface area (Å²) in [5, 5.41) is 4.44. The molecule has 0 radical (unpaired) electrons. The van der Waals surface area contributed by atoms with E-state index in [0.717, 1.165) is 18.1 Å². The molecule has 0 aliphatic carbocycles. The molecule has 23 heavy (non-hydrogen) atoms. The molecule has 0 fully saturated rings. The van der Waals surface area contributed by atoms with Crippen LogP contribution in [0.25, 0.3) is 0 Å². The van der Waals surface area contributed by atoms with Crippen LogP contribution in [-0.4, -0.2) is 5.84 Å². The number of thiophene rings is 1. The number of rotatable bonds is 2. The van der Waals surface area contributed by atoms with Crippen molar-refractivity contribution in [1.29, 1.82) is 0 Å². The lowest BCUT2D eigenvalue weighted by molar-refractivity contribution is 1.05. The summed E-state index contributed by atoms with van der Waals surface area (Å²) in [6, 6.07) is 17.1. The predicted octanol–water partition coefficient (Wildman–Crippen LogP) is 5.46. The van der Waals surface area contributed by atoms with Gasteiger partial charge in [-0.15, -0.1) is 0 Å². The first-order chi connectivity index (χ1) is 11.2. The lowest BCUT2D eigenvalue weighted by Gasteiger charge is -2.20. The summed E-state index contributed by atoms with van der Waals surface area (Å²) in [4.78, 5) is 7.24. The number of amidine groups is 1. The molecule has 114 valence electrons. The predicted molar refractivity (Wildman–Crippen MR) is 99.1 cm³/mol. The Bertz CT molecular complexity index is 857. The molecule has 1 aromatic heterocycles. The van der Waals surface area contributed by atoms with E-state index >= 15 is 0 Å². The van der Waals surface area contributed by atoms with Gasteiger partial charge in [0.15, 0.2) is 0 Å². The molecule has 3 heteroatoms. The first-order valence-electron chi connectivity index (χ1n) is 7.76. The Morgan fingerprint density at radius 1 is 0.870 bits per heavy atom. The number of fused-ring (bicyclic) bond motifs is 1. The van der Waals surface area contributed by atoms with Crippen LogP contribution in [0.3, 0.4) is 0 Å². The molecule has 2 nitrogen and oxygen atoms in total. The third kappa shape index (κ3) is 2.68. The third-order valence-corrected chi connectivity index (χ3v) is 4.97. The fourth-order valence-corrected chi connectivity index (χ4v) is 3.66. The minimum Gasteiger partial charge on any atom is -0.321 e. The summed E-state index contributed by atoms with van der Waals surface area (Å²) in [5.74, 6) is 1.05. The standard InChI is InChI=1S/C20H18N2S/c1-14-3-7-17(8-4-14)21-20-19-13-23-12-16(19)11-22(20)18-9-5-15(2)6-10-18/h3-10,12-13H,11H2,1-2H3. The van der Waals surface area contributed by atoms with Crippen molar-refractivity contribution in [3.8, 4) is 0 Å². The van der Waals surface area contributed by atoms with Gasteiger partial charge in [0.05, 0.1) is 12.2 Å². The second kappa shape index (κ2) is 5.67. The van der Waals surface area contributed by atoms with Gasteiger partial charge in [0, 0.05) is 16.6 Å². The zero-order valence-corrected chi connectivity index (χ0v) is 14.1. The first-order valence-corrected chi connectivity index (χ1v) is 8.70. The quantitative estimate of drug-likeness (QED) is 0.612. The van der Waals surface area contributed by atoms with Crippen LogP contribution in [0.4, 0.5) is 11.4 Å². The minimum absolute atomic E-state index is 0.895. The molecule has 4 rings (SSSR count). The topological polar surface area (TPSA) is 15.6 Å². The van der Waals surface area contributed by atoms with Gasteiger partial charge in [0.2, 0.25) is 0 Å². The Balaban J connectivity index is 1.78. The van der Waals surface area contributed by atoms with Gasteiger partial charge in [-0.25, -0.2) is 4.99 Å². The molecule has 1 aliphatic heterocycles. The monoisotopic (exact) mass is 318 g/mol. The number of anilines is 1. The fraction of sp³-hybridized carbons (Fsp3) is 0.150. The van der Waals surface area contributed by atoms with Crippen LogP contribution in [0.15, 0.2) is 64.3 Å². The molecule has 2 heterocycles. The largest absolute Gasteiger partial charge is 0.321 e. The van der Waals surface area contributed by atoms with Crippen molar-refractivity contribution < 1.29 is 0 Å². The summed E-state index contributed by atoms with van der Waals surface area (Å²) in [6.07, 6.45) is 0. The highest BCUT2D eigenvalue weighted by Gasteiger charge is 2.27. The van der Waals surface area contributed by atoms with E-state index in [4.69, 9.17) is 4.99 Å². The highest BCUT2D eigenvalue weighted by molar-refractivity contribution is 7.08. The minimum atomic E-state index is 0.895. The Kier molecular flexibility index (Phi) is 3.50. The van der Waals surface area contributed by atoms with Crippen LogP contribution in [0.2, 0.25) is 0 Å². The average molecular weight is 318 g/mol. The molecule has 0 unspecified atom stereocenters. The van der Waals surface area contributed by atoms with Crippen LogP contribution in [0.5, 0.6) is 0 Å². The number of hydrogen-bond donors (Lipinski definition) is 0. The van der Waals surface area contributed by atoms with E-state index in [2.05, 4.69) is 78.0 Å². The molecular weight excluding hydrogens is 300 g/mol. The van der Waals surface area contributed by atoms with Gasteiger partial charge in [0.25, 0.3) is 0 Å². The van der Waals surface area contributed by atoms with Gasteiger partial charge in [-0.3, -0.25) is 0 Å². The van der Waals surface area contributed by atoms with E-state index in [1.54, 1.807) is 11.3 Å². The van der Waals surface area contributed by atoms with Crippen LogP contribution in [0.1, 0.15) is 22.3 Å². The first kappa shape index (κ1) is 14.2. The second-order valence-corrected chi connectivity index (χ2v) is 6.75. The summed E-state index contributed by atoms with van der Waals surface area (Å²) in [6.45, 7) is 5.11. The van der Waals surface area contributed by atoms with Crippen LogP contribution < -0.4 is 4.90 Å². The van der Waals surface area contributed by atoms with Crippen molar-refractivity contribution in [2.45, 2.75) is 20.4 Å². The highest BCUT2D eigenvalue weighted by Crippen LogP contribution is 2.32. The average Bonchev–Trinajstić information content (AvgIpc) is 3.13. The zero-order valence-electron chi connectivity index (χ0n) is 13.3. The van der Waals surface area contributed by atoms with Gasteiger partial charge in [-0.05, 0) is 49.1 Å². The maximum atomic E-state index is 4.94. The van der Waals surface area contributed by atoms with Crippen LogP contribution in [-0.2, 0) is 6.54 Å². The molecule has 0 bridgehead atoms. The van der Waals surface area contributed by atoms with Gasteiger partial charge in [-0.2, -0.15) is 11.3 Å². The molecule has 0 amide bonds. The van der Waals surface area contributed by atoms with E-state index in [1.807, 2.05) is 0 Å². The molecule has 1 aliphatic rings. The molecule has 0 atom stereocenters. The van der Waals surface area contributed by atoms with Gasteiger partial charge in [-0.1, -0.05) is 35.4 Å². The van der Waals surface area contributed by atoms with Crippen molar-refractivity contribution in [1.82, 2.24) is 0 Å². The molecule has 0 N–H and O–H groups in total. The Morgan fingerprint density at radius 2 is 1.52 bits per heavy atom. The molecule has 3 aromatic rings. The molecule has 0 saturated heterocycles. The van der Waals surface area contributed by atoms with Crippen molar-refractivity contribution >= 4 is 28.5 Å². The van der Waals surface area contributed by atoms with Crippen molar-refractivity contribution in [2.24, 2.45) is 4.99 Å². The number of benzene rings is 2. The van der Waals surface area contributed by atoms with E-state index in [1.165, 1.54) is 27.9 Å². The molecule has 2 aromatic carbocycles. The van der Waals surface area contributed by atoms with Crippen molar-refractivity contribution in [3.63, 3.8) is 0 Å². The van der Waals surface area contributed by atoms with Crippen LogP contribution in [0, 0.1) is 13.8 Å². The third-order valence-electron chi connectivity index (χ3n) is 4.18. The van der Waals surface area contributed by atoms with E-state index in [-0.39, 0.29) is 0 Å². The second-order valence-electron chi connectivity index (χ2n) is 6.00. The highest BCUT2D eigenvalue weighted by atomic mass is 32.1. The number of nitrogens with zero attached hydrogens (tertiary/aromatic N) is 2. The number of aryl methyl sites for hydroxylation is 2. The Morgan fingerprint density at radius 3 is 2.22 bits per heavy atom. The van der Waals surface area contributed by atoms with Gasteiger partial charge in [0.1, 0.15) is 5.84 Å². The maximum Gasteiger partial charge on any atom is 0.142 e. The Hall–Kier alpha value is -2.39. The smallest absolute Gasteiger partial charge is 0.142 e. The zero-order chi connectivity index (χ0) is 15.8. The normalized spacial score (nSPS) is 15.2. The van der Waals surface area contributed by atoms with E-state index < -0.39 is 0 Å². The summed E-state index contributed by atoms with van der Waals surface area (Å²) in [7, 11) is 0. The van der Waals surface area contributed by atoms with E-state index in [9.17, 15) is 0 Å². The lowest BCUT2D eigenvalue weighted by atomic mass is 10.2. The summed E-state index contributed by atoms with van der Waals surface area (Å²) >= 11 is 1.75. The molecular formula is C20H18N2S. The maximum absolute atomic E-state index is 4.94. The van der Waals surface area contributed by atoms with Gasteiger partial charge < -0.3 is 4.90 Å². The van der Waals surface area contributed by atoms with Crippen LogP contribution >= 0.6 is 11.3 Å². The lowest BCUT2D eigenvalue weighted by Crippen LogP contribution is -2.24. The van der Waals surface area contributed by atoms with E-state index in [0.29, 0.717) is 0 Å².